The van der Waals surface area contributed by atoms with Gasteiger partial charge >= 0.3 is 0 Å². The summed E-state index contributed by atoms with van der Waals surface area (Å²) in [6, 6.07) is 9.58. The quantitative estimate of drug-likeness (QED) is 0.663. The summed E-state index contributed by atoms with van der Waals surface area (Å²) in [6.45, 7) is 3.11. The van der Waals surface area contributed by atoms with Gasteiger partial charge in [0.1, 0.15) is 5.82 Å². The summed E-state index contributed by atoms with van der Waals surface area (Å²) < 4.78 is 11.3. The molecule has 0 aliphatic carbocycles. The molecule has 1 aromatic heterocycles. The van der Waals surface area contributed by atoms with Crippen LogP contribution in [0, 0.1) is 0 Å². The first kappa shape index (κ1) is 14.4. The molecule has 1 saturated heterocycles. The maximum absolute atomic E-state index is 5.67. The largest absolute Gasteiger partial charge is 0.390 e. The van der Waals surface area contributed by atoms with Gasteiger partial charge in [0.15, 0.2) is 5.79 Å². The number of hydrogen-bond acceptors (Lipinski definition) is 6. The van der Waals surface area contributed by atoms with E-state index in [9.17, 15) is 0 Å². The molecule has 2 aromatic rings. The predicted molar refractivity (Wildman–Crippen MR) is 83.4 cm³/mol. The highest BCUT2D eigenvalue weighted by Gasteiger charge is 2.33. The first-order chi connectivity index (χ1) is 10.7. The SMILES string of the molecule is CC1(c2cccc(Nc3ccnc(N=CN)n3)c2)OCCO1. The summed E-state index contributed by atoms with van der Waals surface area (Å²) in [5, 5.41) is 3.21. The van der Waals surface area contributed by atoms with Gasteiger partial charge in [0.05, 0.1) is 19.6 Å². The molecule has 1 aromatic carbocycles. The average molecular weight is 299 g/mol. The molecule has 0 radical (unpaired) electrons. The third-order valence-corrected chi connectivity index (χ3v) is 3.33. The lowest BCUT2D eigenvalue weighted by molar-refractivity contribution is -0.149. The zero-order valence-electron chi connectivity index (χ0n) is 12.2. The fraction of sp³-hybridized carbons (Fsp3) is 0.267. The number of nitrogens with zero attached hydrogens (tertiary/aromatic N) is 3. The first-order valence-electron chi connectivity index (χ1n) is 6.92. The first-order valence-corrected chi connectivity index (χ1v) is 6.92. The normalized spacial score (nSPS) is 17.0. The molecule has 0 bridgehead atoms. The molecule has 114 valence electrons. The van der Waals surface area contributed by atoms with Crippen molar-refractivity contribution in [1.82, 2.24) is 9.97 Å². The summed E-state index contributed by atoms with van der Waals surface area (Å²) in [6.07, 6.45) is 2.78. The van der Waals surface area contributed by atoms with Gasteiger partial charge in [-0.1, -0.05) is 12.1 Å². The molecular weight excluding hydrogens is 282 g/mol. The van der Waals surface area contributed by atoms with Gasteiger partial charge in [-0.25, -0.2) is 9.98 Å². The highest BCUT2D eigenvalue weighted by atomic mass is 16.7. The van der Waals surface area contributed by atoms with E-state index in [0.717, 1.165) is 17.6 Å². The molecule has 7 heteroatoms. The number of benzene rings is 1. The van der Waals surface area contributed by atoms with E-state index in [1.165, 1.54) is 0 Å². The van der Waals surface area contributed by atoms with Crippen LogP contribution in [0.3, 0.4) is 0 Å². The highest BCUT2D eigenvalue weighted by Crippen LogP contribution is 2.32. The van der Waals surface area contributed by atoms with Crippen LogP contribution in [-0.2, 0) is 15.3 Å². The van der Waals surface area contributed by atoms with Gasteiger partial charge in [0.25, 0.3) is 5.95 Å². The minimum Gasteiger partial charge on any atom is -0.390 e. The average Bonchev–Trinajstić information content (AvgIpc) is 2.97. The zero-order valence-corrected chi connectivity index (χ0v) is 12.2. The van der Waals surface area contributed by atoms with E-state index in [2.05, 4.69) is 20.3 Å². The van der Waals surface area contributed by atoms with E-state index in [1.54, 1.807) is 12.3 Å². The van der Waals surface area contributed by atoms with Crippen molar-refractivity contribution in [2.75, 3.05) is 18.5 Å². The Morgan fingerprint density at radius 3 is 2.91 bits per heavy atom. The summed E-state index contributed by atoms with van der Waals surface area (Å²) in [4.78, 5) is 12.1. The highest BCUT2D eigenvalue weighted by molar-refractivity contribution is 5.59. The maximum atomic E-state index is 5.67. The number of anilines is 2. The van der Waals surface area contributed by atoms with E-state index in [-0.39, 0.29) is 0 Å². The van der Waals surface area contributed by atoms with Crippen molar-refractivity contribution in [3.8, 4) is 0 Å². The lowest BCUT2D eigenvalue weighted by atomic mass is 10.1. The van der Waals surface area contributed by atoms with Crippen molar-refractivity contribution in [1.29, 1.82) is 0 Å². The smallest absolute Gasteiger partial charge is 0.252 e. The molecule has 1 aliphatic heterocycles. The fourth-order valence-electron chi connectivity index (χ4n) is 2.26. The third-order valence-electron chi connectivity index (χ3n) is 3.33. The Morgan fingerprint density at radius 2 is 2.14 bits per heavy atom. The van der Waals surface area contributed by atoms with Crippen molar-refractivity contribution in [2.45, 2.75) is 12.7 Å². The molecule has 3 rings (SSSR count). The van der Waals surface area contributed by atoms with Crippen LogP contribution in [0.1, 0.15) is 12.5 Å². The van der Waals surface area contributed by atoms with Crippen molar-refractivity contribution in [2.24, 2.45) is 10.7 Å². The van der Waals surface area contributed by atoms with E-state index >= 15 is 0 Å². The molecule has 2 heterocycles. The minimum absolute atomic E-state index is 0.304. The standard InChI is InChI=1S/C15H17N5O2/c1-15(21-7-8-22-15)11-3-2-4-12(9-11)19-13-5-6-17-14(20-13)18-10-16/h2-6,9-10H,7-8H2,1H3,(H3,16,17,18,19,20). The second-order valence-electron chi connectivity index (χ2n) is 4.87. The number of ether oxygens (including phenoxy) is 2. The second-order valence-corrected chi connectivity index (χ2v) is 4.87. The Hall–Kier alpha value is -2.51. The predicted octanol–water partition coefficient (Wildman–Crippen LogP) is 2.06. The molecule has 3 N–H and O–H groups in total. The molecule has 0 saturated carbocycles. The monoisotopic (exact) mass is 299 g/mol. The number of nitrogens with two attached hydrogens (primary N) is 1. The molecule has 1 aliphatic rings. The minimum atomic E-state index is -0.696. The Kier molecular flexibility index (Phi) is 3.99. The van der Waals surface area contributed by atoms with E-state index in [1.807, 2.05) is 31.2 Å². The van der Waals surface area contributed by atoms with Gasteiger partial charge in [0.2, 0.25) is 0 Å². The number of aromatic nitrogens is 2. The number of hydrogen-bond donors (Lipinski definition) is 2. The molecule has 0 spiro atoms. The Bertz CT molecular complexity index is 683. The van der Waals surface area contributed by atoms with Crippen molar-refractivity contribution in [3.05, 3.63) is 42.1 Å². The van der Waals surface area contributed by atoms with Gasteiger partial charge in [-0.2, -0.15) is 4.98 Å². The Labute approximate surface area is 128 Å². The van der Waals surface area contributed by atoms with Gasteiger partial charge in [-0.15, -0.1) is 0 Å². The molecule has 0 amide bonds. The van der Waals surface area contributed by atoms with E-state index < -0.39 is 5.79 Å². The topological polar surface area (TPSA) is 94.7 Å². The lowest BCUT2D eigenvalue weighted by Gasteiger charge is -2.23. The molecule has 0 atom stereocenters. The van der Waals surface area contributed by atoms with Gasteiger partial charge < -0.3 is 20.5 Å². The van der Waals surface area contributed by atoms with Gasteiger partial charge in [0, 0.05) is 17.4 Å². The van der Waals surface area contributed by atoms with E-state index in [4.69, 9.17) is 15.2 Å². The molecule has 1 fully saturated rings. The maximum Gasteiger partial charge on any atom is 0.252 e. The van der Waals surface area contributed by atoms with Crippen LogP contribution in [0.15, 0.2) is 41.5 Å². The molecule has 22 heavy (non-hydrogen) atoms. The zero-order chi connectivity index (χ0) is 15.4. The van der Waals surface area contributed by atoms with Crippen LogP contribution in [-0.4, -0.2) is 29.5 Å². The van der Waals surface area contributed by atoms with Crippen LogP contribution < -0.4 is 11.1 Å². The number of nitrogens with one attached hydrogen (secondary N) is 1. The van der Waals surface area contributed by atoms with Crippen LogP contribution in [0.2, 0.25) is 0 Å². The van der Waals surface area contributed by atoms with Crippen molar-refractivity contribution < 1.29 is 9.47 Å². The van der Waals surface area contributed by atoms with Crippen LogP contribution in [0.4, 0.5) is 17.5 Å². The summed E-state index contributed by atoms with van der Waals surface area (Å²) >= 11 is 0. The van der Waals surface area contributed by atoms with Crippen molar-refractivity contribution >= 4 is 23.8 Å². The van der Waals surface area contributed by atoms with Crippen molar-refractivity contribution in [3.63, 3.8) is 0 Å². The third kappa shape index (κ3) is 3.05. The van der Waals surface area contributed by atoms with Crippen LogP contribution in [0.5, 0.6) is 0 Å². The fourth-order valence-corrected chi connectivity index (χ4v) is 2.26. The van der Waals surface area contributed by atoms with Gasteiger partial charge in [-0.3, -0.25) is 0 Å². The summed E-state index contributed by atoms with van der Waals surface area (Å²) in [5.41, 5.74) is 7.07. The molecule has 0 unspecified atom stereocenters. The van der Waals surface area contributed by atoms with Crippen LogP contribution in [0.25, 0.3) is 0 Å². The Balaban J connectivity index is 1.82. The van der Waals surface area contributed by atoms with Gasteiger partial charge in [-0.05, 0) is 25.1 Å². The lowest BCUT2D eigenvalue weighted by Crippen LogP contribution is -2.22. The summed E-state index contributed by atoms with van der Waals surface area (Å²) in [7, 11) is 0. The second kappa shape index (κ2) is 6.08. The van der Waals surface area contributed by atoms with E-state index in [0.29, 0.717) is 25.0 Å². The Morgan fingerprint density at radius 1 is 1.32 bits per heavy atom. The number of rotatable bonds is 4. The molecule has 7 nitrogen and oxygen atoms in total. The summed E-state index contributed by atoms with van der Waals surface area (Å²) in [5.74, 6) is 0.238. The van der Waals surface area contributed by atoms with Crippen LogP contribution >= 0.6 is 0 Å². The molecular formula is C15H17N5O2. The number of aliphatic imine (C=N–C) groups is 1.